The number of hydrogen-bond acceptors (Lipinski definition) is 8. The molecule has 8 heteroatoms. The van der Waals surface area contributed by atoms with Crippen LogP contribution in [0.4, 0.5) is 0 Å². The van der Waals surface area contributed by atoms with Gasteiger partial charge in [0, 0.05) is 0 Å². The molecule has 2 aromatic rings. The minimum Gasteiger partial charge on any atom is -0.462 e. The van der Waals surface area contributed by atoms with Crippen LogP contribution in [0.15, 0.2) is 48.5 Å². The molecule has 0 bridgehead atoms. The van der Waals surface area contributed by atoms with Crippen molar-refractivity contribution in [2.75, 3.05) is 13.2 Å². The lowest BCUT2D eigenvalue weighted by atomic mass is 9.97. The lowest BCUT2D eigenvalue weighted by Crippen LogP contribution is -2.24. The molecule has 8 nitrogen and oxygen atoms in total. The predicted octanol–water partition coefficient (Wildman–Crippen LogP) is 9.05. The highest BCUT2D eigenvalue weighted by molar-refractivity contribution is 6.03. The molecule has 2 saturated carbocycles. The summed E-state index contributed by atoms with van der Waals surface area (Å²) in [5, 5.41) is 0. The van der Waals surface area contributed by atoms with Crippen molar-refractivity contribution in [1.29, 1.82) is 0 Å². The van der Waals surface area contributed by atoms with Gasteiger partial charge in [0.1, 0.15) is 12.2 Å². The Morgan fingerprint density at radius 2 is 0.826 bits per heavy atom. The first-order valence-electron chi connectivity index (χ1n) is 17.4. The second-order valence-electron chi connectivity index (χ2n) is 12.1. The molecule has 0 atom stereocenters. The van der Waals surface area contributed by atoms with Crippen LogP contribution in [-0.4, -0.2) is 49.3 Å². The molecule has 0 aliphatic heterocycles. The van der Waals surface area contributed by atoms with E-state index >= 15 is 0 Å². The Kier molecular flexibility index (Phi) is 16.9. The molecule has 2 fully saturated rings. The fourth-order valence-electron chi connectivity index (χ4n) is 5.66. The monoisotopic (exact) mass is 636 g/mol. The molecular formula is C38H52O8. The summed E-state index contributed by atoms with van der Waals surface area (Å²) < 4.78 is 21.7. The lowest BCUT2D eigenvalue weighted by molar-refractivity contribution is 0.0164. The Morgan fingerprint density at radius 3 is 1.15 bits per heavy atom. The van der Waals surface area contributed by atoms with Crippen molar-refractivity contribution < 1.29 is 38.1 Å². The molecule has 2 aliphatic carbocycles. The normalized spacial score (nSPS) is 15.2. The van der Waals surface area contributed by atoms with E-state index in [1.807, 2.05) is 0 Å². The van der Waals surface area contributed by atoms with Crippen molar-refractivity contribution in [2.45, 2.75) is 129 Å². The highest BCUT2D eigenvalue weighted by Crippen LogP contribution is 2.24. The van der Waals surface area contributed by atoms with Gasteiger partial charge in [0.05, 0.1) is 35.5 Å². The minimum absolute atomic E-state index is 0.0197. The third-order valence-corrected chi connectivity index (χ3v) is 8.35. The van der Waals surface area contributed by atoms with Gasteiger partial charge in [-0.1, -0.05) is 76.6 Å². The van der Waals surface area contributed by atoms with Crippen molar-refractivity contribution in [1.82, 2.24) is 0 Å². The van der Waals surface area contributed by atoms with Crippen LogP contribution in [0.25, 0.3) is 0 Å². The van der Waals surface area contributed by atoms with Gasteiger partial charge in [-0.3, -0.25) is 0 Å². The topological polar surface area (TPSA) is 105 Å². The van der Waals surface area contributed by atoms with E-state index in [0.29, 0.717) is 24.3 Å². The molecular weight excluding hydrogens is 584 g/mol. The first-order valence-corrected chi connectivity index (χ1v) is 17.4. The van der Waals surface area contributed by atoms with E-state index in [-0.39, 0.29) is 23.3 Å². The Hall–Kier alpha value is -3.68. The zero-order chi connectivity index (χ0) is 33.0. The van der Waals surface area contributed by atoms with E-state index < -0.39 is 23.9 Å². The van der Waals surface area contributed by atoms with Crippen LogP contribution in [0.2, 0.25) is 0 Å². The van der Waals surface area contributed by atoms with Crippen molar-refractivity contribution in [2.24, 2.45) is 0 Å². The van der Waals surface area contributed by atoms with Gasteiger partial charge in [-0.05, 0) is 88.5 Å². The molecule has 0 amide bonds. The molecule has 4 rings (SSSR count). The zero-order valence-electron chi connectivity index (χ0n) is 27.8. The van der Waals surface area contributed by atoms with E-state index in [2.05, 4.69) is 13.8 Å². The van der Waals surface area contributed by atoms with Gasteiger partial charge in [0.25, 0.3) is 0 Å². The average molecular weight is 637 g/mol. The summed E-state index contributed by atoms with van der Waals surface area (Å²) in [6, 6.07) is 13.5. The van der Waals surface area contributed by atoms with Crippen molar-refractivity contribution in [3.63, 3.8) is 0 Å². The summed E-state index contributed by atoms with van der Waals surface area (Å²) in [6.45, 7) is 4.94. The maximum Gasteiger partial charge on any atom is 0.339 e. The summed E-state index contributed by atoms with van der Waals surface area (Å²) in [5.41, 5.74) is 1.20. The summed E-state index contributed by atoms with van der Waals surface area (Å²) in [6.07, 6.45) is 16.3. The second-order valence-corrected chi connectivity index (χ2v) is 12.1. The van der Waals surface area contributed by atoms with Gasteiger partial charge < -0.3 is 18.9 Å². The van der Waals surface area contributed by atoms with Crippen molar-refractivity contribution in [3.8, 4) is 0 Å². The Morgan fingerprint density at radius 1 is 0.500 bits per heavy atom. The number of carbonyl (C=O) groups excluding carboxylic acids is 4. The highest BCUT2D eigenvalue weighted by Gasteiger charge is 2.25. The maximum atomic E-state index is 12.5. The van der Waals surface area contributed by atoms with Crippen molar-refractivity contribution >= 4 is 23.9 Å². The molecule has 0 spiro atoms. The quantitative estimate of drug-likeness (QED) is 0.115. The molecule has 2 aliphatic rings. The van der Waals surface area contributed by atoms with E-state index in [9.17, 15) is 19.2 Å². The van der Waals surface area contributed by atoms with E-state index in [1.54, 1.807) is 48.5 Å². The highest BCUT2D eigenvalue weighted by atomic mass is 16.6. The van der Waals surface area contributed by atoms with E-state index in [4.69, 9.17) is 18.9 Å². The number of carbonyl (C=O) groups is 4. The number of ether oxygens (including phenoxy) is 4. The predicted molar refractivity (Wildman–Crippen MR) is 177 cm³/mol. The number of unbranched alkanes of at least 4 members (excludes halogenated alkanes) is 4. The van der Waals surface area contributed by atoms with Crippen LogP contribution >= 0.6 is 0 Å². The van der Waals surface area contributed by atoms with Gasteiger partial charge in [-0.25, -0.2) is 19.2 Å². The number of rotatable bonds is 14. The molecule has 0 heterocycles. The van der Waals surface area contributed by atoms with E-state index in [1.165, 1.54) is 12.8 Å². The average Bonchev–Trinajstić information content (AvgIpc) is 3.09. The summed E-state index contributed by atoms with van der Waals surface area (Å²) in [7, 11) is 0. The van der Waals surface area contributed by atoms with Gasteiger partial charge in [0.15, 0.2) is 0 Å². The standard InChI is InChI=1S/C20H26O4.C18H26O4/c21-19(23-15-9-3-1-4-10-15)17-13-7-8-14-18(17)20(22)24-16-11-5-2-6-12-16;1-3-5-9-13-21-17(19)15-11-7-8-12-16(15)18(20)22-14-10-6-4-2/h7-8,13-16H,1-6,9-12H2;7-8,11-12H,3-6,9-10,13-14H2,1-2H3. The molecule has 46 heavy (non-hydrogen) atoms. The zero-order valence-corrected chi connectivity index (χ0v) is 27.8. The fraction of sp³-hybridized carbons (Fsp3) is 0.579. The van der Waals surface area contributed by atoms with Gasteiger partial charge in [-0.15, -0.1) is 0 Å². The summed E-state index contributed by atoms with van der Waals surface area (Å²) in [4.78, 5) is 49.2. The SMILES string of the molecule is CCCCCOC(=O)c1ccccc1C(=O)OCCCCC.O=C(OC1CCCCC1)c1ccccc1C(=O)OC1CCCCC1. The number of esters is 4. The third-order valence-electron chi connectivity index (χ3n) is 8.35. The molecule has 2 aromatic carbocycles. The summed E-state index contributed by atoms with van der Waals surface area (Å²) in [5.74, 6) is -1.73. The maximum absolute atomic E-state index is 12.5. The van der Waals surface area contributed by atoms with Crippen LogP contribution in [0, 0.1) is 0 Å². The first-order chi connectivity index (χ1) is 22.4. The van der Waals surface area contributed by atoms with Crippen LogP contribution in [0.5, 0.6) is 0 Å². The van der Waals surface area contributed by atoms with Crippen LogP contribution < -0.4 is 0 Å². The second kappa shape index (κ2) is 21.2. The Balaban J connectivity index is 0.000000252. The fourth-order valence-corrected chi connectivity index (χ4v) is 5.66. The minimum atomic E-state index is -0.461. The molecule has 252 valence electrons. The smallest absolute Gasteiger partial charge is 0.339 e. The molecule has 0 radical (unpaired) electrons. The number of hydrogen-bond donors (Lipinski definition) is 0. The van der Waals surface area contributed by atoms with E-state index in [0.717, 1.165) is 89.9 Å². The van der Waals surface area contributed by atoms with Gasteiger partial charge >= 0.3 is 23.9 Å². The largest absolute Gasteiger partial charge is 0.462 e. The Bertz CT molecular complexity index is 1130. The first kappa shape index (κ1) is 36.8. The third kappa shape index (κ3) is 12.6. The molecule has 0 saturated heterocycles. The molecule has 0 aromatic heterocycles. The molecule has 0 N–H and O–H groups in total. The lowest BCUT2D eigenvalue weighted by Gasteiger charge is -2.23. The van der Waals surface area contributed by atoms with Gasteiger partial charge in [0.2, 0.25) is 0 Å². The summed E-state index contributed by atoms with van der Waals surface area (Å²) >= 11 is 0. The Labute approximate surface area is 274 Å². The van der Waals surface area contributed by atoms with Crippen LogP contribution in [0.3, 0.4) is 0 Å². The van der Waals surface area contributed by atoms with Crippen molar-refractivity contribution in [3.05, 3.63) is 70.8 Å². The van der Waals surface area contributed by atoms with Gasteiger partial charge in [-0.2, -0.15) is 0 Å². The molecule has 0 unspecified atom stereocenters. The number of benzene rings is 2. The van der Waals surface area contributed by atoms with Crippen LogP contribution in [-0.2, 0) is 18.9 Å². The van der Waals surface area contributed by atoms with Crippen LogP contribution in [0.1, 0.15) is 158 Å².